The standard InChI is InChI=1S/C102H66N4O2/c1-5-20-67(21-6-1)78-30-16-33-84(61-78)105(86-54-58-98-94(65-86)95-66-104-96-37-14-13-35-91(96)100(95)107-98)82-50-43-73(44-51-82)88-56-49-81(64-93(88)72-26-11-4-12-27-72)77-29-15-28-76(60-77)69-39-41-70(42-40-69)80-48-55-87(92(63-80)71-24-9-3-10-25-71)74-45-52-83(53-46-74)106(85-34-17-31-79(62-85)68-22-7-2-8-23-68)97-38-18-36-89-90-57-47-75-32-19-59-103-99(75)102(90)108-101(89)97/h1-66H. The molecular formula is C102H66N4O2. The van der Waals surface area contributed by atoms with E-state index in [2.05, 4.69) is 374 Å². The fourth-order valence-corrected chi connectivity index (χ4v) is 15.8. The second kappa shape index (κ2) is 27.0. The molecule has 0 aliphatic heterocycles. The van der Waals surface area contributed by atoms with Crippen LogP contribution < -0.4 is 9.80 Å². The molecule has 6 heteroatoms. The molecule has 0 unspecified atom stereocenters. The monoisotopic (exact) mass is 1380 g/mol. The number of anilines is 6. The van der Waals surface area contributed by atoms with E-state index in [4.69, 9.17) is 18.8 Å². The van der Waals surface area contributed by atoms with Gasteiger partial charge in [-0.05, 0) is 215 Å². The lowest BCUT2D eigenvalue weighted by molar-refractivity contribution is 0.671. The van der Waals surface area contributed by atoms with E-state index in [0.29, 0.717) is 0 Å². The molecule has 0 bridgehead atoms. The molecule has 108 heavy (non-hydrogen) atoms. The first-order valence-electron chi connectivity index (χ1n) is 36.6. The molecule has 20 rings (SSSR count). The molecule has 0 N–H and O–H groups in total. The average Bonchev–Trinajstić information content (AvgIpc) is 1.53. The number of nitrogens with zero attached hydrogens (tertiary/aromatic N) is 4. The highest BCUT2D eigenvalue weighted by molar-refractivity contribution is 6.17. The van der Waals surface area contributed by atoms with E-state index in [-0.39, 0.29) is 0 Å². The molecular weight excluding hydrogens is 1310 g/mol. The summed E-state index contributed by atoms with van der Waals surface area (Å²) in [6.45, 7) is 0. The topological polar surface area (TPSA) is 58.5 Å². The first kappa shape index (κ1) is 63.2. The highest BCUT2D eigenvalue weighted by Crippen LogP contribution is 2.48. The smallest absolute Gasteiger partial charge is 0.161 e. The highest BCUT2D eigenvalue weighted by atomic mass is 16.3. The molecule has 0 saturated carbocycles. The summed E-state index contributed by atoms with van der Waals surface area (Å²) in [5.41, 5.74) is 31.7. The highest BCUT2D eigenvalue weighted by Gasteiger charge is 2.24. The number of furan rings is 2. The maximum Gasteiger partial charge on any atom is 0.161 e. The number of rotatable bonds is 15. The number of para-hydroxylation sites is 2. The third kappa shape index (κ3) is 11.6. The molecule has 0 atom stereocenters. The van der Waals surface area contributed by atoms with Crippen molar-refractivity contribution >= 4 is 99.8 Å². The van der Waals surface area contributed by atoms with Crippen molar-refractivity contribution in [3.8, 4) is 100 Å². The Morgan fingerprint density at radius 2 is 0.648 bits per heavy atom. The van der Waals surface area contributed by atoms with E-state index in [9.17, 15) is 0 Å². The van der Waals surface area contributed by atoms with Gasteiger partial charge in [0.25, 0.3) is 0 Å². The Morgan fingerprint density at radius 3 is 1.27 bits per heavy atom. The fourth-order valence-electron chi connectivity index (χ4n) is 15.8. The van der Waals surface area contributed by atoms with Crippen LogP contribution in [0.25, 0.3) is 166 Å². The Morgan fingerprint density at radius 1 is 0.213 bits per heavy atom. The summed E-state index contributed by atoms with van der Waals surface area (Å²) in [4.78, 5) is 14.3. The second-order valence-corrected chi connectivity index (χ2v) is 27.6. The van der Waals surface area contributed by atoms with E-state index in [1.807, 2.05) is 36.7 Å². The van der Waals surface area contributed by atoms with Crippen LogP contribution in [0.1, 0.15) is 0 Å². The van der Waals surface area contributed by atoms with Crippen molar-refractivity contribution in [1.29, 1.82) is 0 Å². The van der Waals surface area contributed by atoms with Gasteiger partial charge in [0, 0.05) is 73.1 Å². The van der Waals surface area contributed by atoms with Gasteiger partial charge in [0.05, 0.1) is 11.2 Å². The third-order valence-electron chi connectivity index (χ3n) is 21.2. The van der Waals surface area contributed by atoms with Crippen LogP contribution >= 0.6 is 0 Å². The van der Waals surface area contributed by atoms with Crippen molar-refractivity contribution < 1.29 is 8.83 Å². The number of hydrogen-bond donors (Lipinski definition) is 0. The maximum atomic E-state index is 6.96. The minimum Gasteiger partial charge on any atom is -0.455 e. The molecule has 4 heterocycles. The second-order valence-electron chi connectivity index (χ2n) is 27.6. The Kier molecular flexibility index (Phi) is 15.8. The van der Waals surface area contributed by atoms with Gasteiger partial charge in [0.1, 0.15) is 16.7 Å². The summed E-state index contributed by atoms with van der Waals surface area (Å²) in [5, 5.41) is 6.12. The molecule has 506 valence electrons. The van der Waals surface area contributed by atoms with Gasteiger partial charge in [-0.1, -0.05) is 273 Å². The van der Waals surface area contributed by atoms with Gasteiger partial charge in [-0.2, -0.15) is 0 Å². The Hall–Kier alpha value is -14.5. The average molecular weight is 1380 g/mol. The van der Waals surface area contributed by atoms with Gasteiger partial charge >= 0.3 is 0 Å². The number of hydrogen-bond acceptors (Lipinski definition) is 6. The summed E-state index contributed by atoms with van der Waals surface area (Å²) < 4.78 is 13.6. The summed E-state index contributed by atoms with van der Waals surface area (Å²) in [5.74, 6) is 0. The SMILES string of the molecule is c1ccc(-c2cccc(N(c3ccc(-c4ccc(-c5cccc(-c6ccc(-c7ccc(-c8ccc(N(c9cccc(-c%10ccccc%10)c9)c9cccc%10c9oc9c%10ccc%10cccnc%109)cc8)c(-c8ccccc8)c7)cc6)c5)cc4-c4ccccc4)cc3)c3ccc4oc5c6ccccc6ncc5c4c3)c2)cc1. The molecule has 0 fully saturated rings. The van der Waals surface area contributed by atoms with Gasteiger partial charge in [-0.3, -0.25) is 9.97 Å². The van der Waals surface area contributed by atoms with Crippen LogP contribution in [-0.4, -0.2) is 9.97 Å². The van der Waals surface area contributed by atoms with Crippen molar-refractivity contribution in [2.75, 3.05) is 9.80 Å². The lowest BCUT2D eigenvalue weighted by Crippen LogP contribution is -2.10. The molecule has 4 aromatic heterocycles. The fraction of sp³-hybridized carbons (Fsp3) is 0. The quantitative estimate of drug-likeness (QED) is 0.102. The van der Waals surface area contributed by atoms with Crippen LogP contribution in [0.3, 0.4) is 0 Å². The van der Waals surface area contributed by atoms with E-state index >= 15 is 0 Å². The first-order chi connectivity index (χ1) is 53.5. The predicted octanol–water partition coefficient (Wildman–Crippen LogP) is 28.5. The van der Waals surface area contributed by atoms with Crippen LogP contribution in [0.2, 0.25) is 0 Å². The maximum absolute atomic E-state index is 6.96. The van der Waals surface area contributed by atoms with Crippen molar-refractivity contribution in [2.24, 2.45) is 0 Å². The minimum atomic E-state index is 0.785. The number of aromatic nitrogens is 2. The molecule has 0 aliphatic carbocycles. The number of pyridine rings is 2. The van der Waals surface area contributed by atoms with Gasteiger partial charge in [0.2, 0.25) is 0 Å². The number of fused-ring (bicyclic) bond motifs is 10. The molecule has 20 aromatic rings. The van der Waals surface area contributed by atoms with Gasteiger partial charge in [-0.25, -0.2) is 0 Å². The van der Waals surface area contributed by atoms with E-state index in [0.717, 1.165) is 200 Å². The van der Waals surface area contributed by atoms with Gasteiger partial charge in [0.15, 0.2) is 11.2 Å². The normalized spacial score (nSPS) is 11.5. The molecule has 6 nitrogen and oxygen atoms in total. The Balaban J connectivity index is 0.607. The minimum absolute atomic E-state index is 0.785. The van der Waals surface area contributed by atoms with Crippen LogP contribution in [0.4, 0.5) is 34.1 Å². The predicted molar refractivity (Wildman–Crippen MR) is 450 cm³/mol. The first-order valence-corrected chi connectivity index (χ1v) is 36.6. The van der Waals surface area contributed by atoms with Crippen molar-refractivity contribution in [1.82, 2.24) is 9.97 Å². The summed E-state index contributed by atoms with van der Waals surface area (Å²) >= 11 is 0. The molecule has 0 radical (unpaired) electrons. The molecule has 0 amide bonds. The van der Waals surface area contributed by atoms with E-state index < -0.39 is 0 Å². The zero-order valence-corrected chi connectivity index (χ0v) is 58.7. The lowest BCUT2D eigenvalue weighted by Gasteiger charge is -2.26. The van der Waals surface area contributed by atoms with Crippen molar-refractivity contribution in [2.45, 2.75) is 0 Å². The zero-order chi connectivity index (χ0) is 71.4. The Bertz CT molecular complexity index is 6770. The van der Waals surface area contributed by atoms with Crippen LogP contribution in [-0.2, 0) is 0 Å². The van der Waals surface area contributed by atoms with Gasteiger partial charge < -0.3 is 18.6 Å². The molecule has 16 aromatic carbocycles. The zero-order valence-electron chi connectivity index (χ0n) is 58.7. The van der Waals surface area contributed by atoms with Crippen LogP contribution in [0.15, 0.2) is 409 Å². The summed E-state index contributed by atoms with van der Waals surface area (Å²) in [6.07, 6.45) is 3.78. The number of benzene rings is 16. The third-order valence-corrected chi connectivity index (χ3v) is 21.2. The lowest BCUT2D eigenvalue weighted by atomic mass is 9.89. The largest absolute Gasteiger partial charge is 0.455 e. The van der Waals surface area contributed by atoms with E-state index in [1.54, 1.807) is 0 Å². The van der Waals surface area contributed by atoms with Gasteiger partial charge in [-0.15, -0.1) is 0 Å². The van der Waals surface area contributed by atoms with Crippen molar-refractivity contribution in [3.63, 3.8) is 0 Å². The van der Waals surface area contributed by atoms with Crippen molar-refractivity contribution in [3.05, 3.63) is 401 Å². The Labute approximate surface area is 625 Å². The van der Waals surface area contributed by atoms with E-state index in [1.165, 1.54) is 0 Å². The van der Waals surface area contributed by atoms with Crippen LogP contribution in [0, 0.1) is 0 Å². The molecule has 0 spiro atoms. The molecule has 0 saturated heterocycles. The summed E-state index contributed by atoms with van der Waals surface area (Å²) in [6, 6.07) is 140. The summed E-state index contributed by atoms with van der Waals surface area (Å²) in [7, 11) is 0. The van der Waals surface area contributed by atoms with Crippen LogP contribution in [0.5, 0.6) is 0 Å². The molecule has 0 aliphatic rings.